The standard InChI is InChI=1S/C20H24ClFN4O2/c1-3-4-15(26-11(2)9-17(24)27)13-6-7-14(21)18(19(13)22)20(28)12-5-8-16(23)25-10-12/h3,5-8,10-11,15,20,26,28H,1,4,9H2,2H3,(H2,23,25)(H2,24,27)/t11-,15+,20?/m0/s1. The summed E-state index contributed by atoms with van der Waals surface area (Å²) in [4.78, 5) is 15.1. The maximum atomic E-state index is 15.4. The minimum atomic E-state index is -1.31. The molecule has 1 unspecified atom stereocenters. The number of nitrogen functional groups attached to an aromatic ring is 1. The van der Waals surface area contributed by atoms with Gasteiger partial charge in [-0.3, -0.25) is 4.79 Å². The summed E-state index contributed by atoms with van der Waals surface area (Å²) in [5.41, 5.74) is 11.4. The van der Waals surface area contributed by atoms with Gasteiger partial charge >= 0.3 is 0 Å². The number of nitrogens with one attached hydrogen (secondary N) is 1. The predicted octanol–water partition coefficient (Wildman–Crippen LogP) is 3.01. The molecule has 8 heteroatoms. The fraction of sp³-hybridized carbons (Fsp3) is 0.300. The number of halogens is 2. The van der Waals surface area contributed by atoms with Crippen LogP contribution in [0.1, 0.15) is 48.6 Å². The maximum Gasteiger partial charge on any atom is 0.218 e. The summed E-state index contributed by atoms with van der Waals surface area (Å²) < 4.78 is 15.4. The van der Waals surface area contributed by atoms with E-state index in [1.165, 1.54) is 18.3 Å². The highest BCUT2D eigenvalue weighted by Gasteiger charge is 2.25. The van der Waals surface area contributed by atoms with Crippen molar-refractivity contribution in [2.75, 3.05) is 5.73 Å². The van der Waals surface area contributed by atoms with Gasteiger partial charge < -0.3 is 21.9 Å². The van der Waals surface area contributed by atoms with Crippen LogP contribution in [0.15, 0.2) is 43.1 Å². The Labute approximate surface area is 168 Å². The highest BCUT2D eigenvalue weighted by Crippen LogP contribution is 2.35. The molecule has 28 heavy (non-hydrogen) atoms. The number of aromatic nitrogens is 1. The topological polar surface area (TPSA) is 114 Å². The van der Waals surface area contributed by atoms with Crippen LogP contribution >= 0.6 is 11.6 Å². The SMILES string of the molecule is C=CC[C@@H](N[C@@H](C)CC(N)=O)c1ccc(Cl)c(C(O)c2ccc(N)nc2)c1F. The molecule has 3 atom stereocenters. The third kappa shape index (κ3) is 5.28. The van der Waals surface area contributed by atoms with Crippen molar-refractivity contribution >= 4 is 23.3 Å². The molecule has 0 bridgehead atoms. The number of anilines is 1. The average Bonchev–Trinajstić information content (AvgIpc) is 2.61. The number of nitrogens with two attached hydrogens (primary N) is 2. The molecule has 2 rings (SSSR count). The first-order valence-electron chi connectivity index (χ1n) is 8.77. The molecular weight excluding hydrogens is 383 g/mol. The molecular formula is C20H24ClFN4O2. The molecule has 0 aliphatic heterocycles. The van der Waals surface area contributed by atoms with E-state index in [-0.39, 0.29) is 28.9 Å². The summed E-state index contributed by atoms with van der Waals surface area (Å²) in [5, 5.41) is 13.9. The molecule has 0 aliphatic rings. The number of benzene rings is 1. The van der Waals surface area contributed by atoms with Crippen LogP contribution < -0.4 is 16.8 Å². The largest absolute Gasteiger partial charge is 0.384 e. The lowest BCUT2D eigenvalue weighted by molar-refractivity contribution is -0.118. The fourth-order valence-electron chi connectivity index (χ4n) is 3.01. The zero-order valence-corrected chi connectivity index (χ0v) is 16.3. The molecule has 0 saturated heterocycles. The van der Waals surface area contributed by atoms with Crippen molar-refractivity contribution in [3.05, 3.63) is 70.6 Å². The van der Waals surface area contributed by atoms with Crippen molar-refractivity contribution in [1.82, 2.24) is 10.3 Å². The lowest BCUT2D eigenvalue weighted by Gasteiger charge is -2.25. The van der Waals surface area contributed by atoms with E-state index < -0.39 is 23.9 Å². The first kappa shape index (κ1) is 21.8. The summed E-state index contributed by atoms with van der Waals surface area (Å²) in [6.07, 6.45) is 2.21. The number of aliphatic hydroxyl groups excluding tert-OH is 1. The van der Waals surface area contributed by atoms with Gasteiger partial charge in [-0.25, -0.2) is 9.37 Å². The zero-order chi connectivity index (χ0) is 20.8. The molecule has 150 valence electrons. The summed E-state index contributed by atoms with van der Waals surface area (Å²) in [6, 6.07) is 5.41. The third-order valence-electron chi connectivity index (χ3n) is 4.33. The van der Waals surface area contributed by atoms with Crippen LogP contribution in [0.25, 0.3) is 0 Å². The number of pyridine rings is 1. The quantitative estimate of drug-likeness (QED) is 0.478. The molecule has 2 aromatic rings. The Morgan fingerprint density at radius 1 is 1.43 bits per heavy atom. The molecule has 0 saturated carbocycles. The molecule has 6 nitrogen and oxygen atoms in total. The van der Waals surface area contributed by atoms with Gasteiger partial charge in [-0.05, 0) is 25.5 Å². The van der Waals surface area contributed by atoms with E-state index in [1.54, 1.807) is 25.1 Å². The second kappa shape index (κ2) is 9.64. The fourth-order valence-corrected chi connectivity index (χ4v) is 3.26. The molecule has 0 fully saturated rings. The molecule has 0 spiro atoms. The van der Waals surface area contributed by atoms with Crippen LogP contribution in [0.5, 0.6) is 0 Å². The van der Waals surface area contributed by atoms with E-state index in [4.69, 9.17) is 23.1 Å². The van der Waals surface area contributed by atoms with E-state index in [2.05, 4.69) is 16.9 Å². The van der Waals surface area contributed by atoms with Crippen molar-refractivity contribution in [3.63, 3.8) is 0 Å². The van der Waals surface area contributed by atoms with Crippen LogP contribution in [-0.2, 0) is 4.79 Å². The van der Waals surface area contributed by atoms with E-state index in [1.807, 2.05) is 0 Å². The monoisotopic (exact) mass is 406 g/mol. The second-order valence-corrected chi connectivity index (χ2v) is 7.01. The van der Waals surface area contributed by atoms with Crippen molar-refractivity contribution in [2.45, 2.75) is 38.0 Å². The number of rotatable bonds is 9. The Balaban J connectivity index is 2.41. The Kier molecular flexibility index (Phi) is 7.51. The summed E-state index contributed by atoms with van der Waals surface area (Å²) >= 11 is 6.19. The highest BCUT2D eigenvalue weighted by atomic mass is 35.5. The van der Waals surface area contributed by atoms with Gasteiger partial charge in [0.05, 0.1) is 0 Å². The summed E-state index contributed by atoms with van der Waals surface area (Å²) in [5.74, 6) is -0.807. The Morgan fingerprint density at radius 3 is 2.71 bits per heavy atom. The minimum absolute atomic E-state index is 0.0517. The number of carbonyl (C=O) groups is 1. The van der Waals surface area contributed by atoms with E-state index in [0.29, 0.717) is 17.5 Å². The maximum absolute atomic E-state index is 15.4. The van der Waals surface area contributed by atoms with Crippen molar-refractivity contribution in [2.24, 2.45) is 5.73 Å². The normalized spacial score (nSPS) is 14.3. The number of amides is 1. The van der Waals surface area contributed by atoms with Gasteiger partial charge in [-0.2, -0.15) is 0 Å². The first-order valence-corrected chi connectivity index (χ1v) is 9.14. The van der Waals surface area contributed by atoms with Crippen LogP contribution in [0, 0.1) is 5.82 Å². The number of aliphatic hydroxyl groups is 1. The number of hydrogen-bond acceptors (Lipinski definition) is 5. The van der Waals surface area contributed by atoms with Crippen LogP contribution in [0.4, 0.5) is 10.2 Å². The second-order valence-electron chi connectivity index (χ2n) is 6.60. The van der Waals surface area contributed by atoms with Gasteiger partial charge in [-0.15, -0.1) is 6.58 Å². The molecule has 1 aromatic carbocycles. The van der Waals surface area contributed by atoms with Crippen LogP contribution in [0.2, 0.25) is 5.02 Å². The van der Waals surface area contributed by atoms with Gasteiger partial charge in [0.15, 0.2) is 0 Å². The molecule has 0 aliphatic carbocycles. The molecule has 0 radical (unpaired) electrons. The average molecular weight is 407 g/mol. The lowest BCUT2D eigenvalue weighted by Crippen LogP contribution is -2.34. The predicted molar refractivity (Wildman–Crippen MR) is 108 cm³/mol. The van der Waals surface area contributed by atoms with E-state index in [0.717, 1.165) is 0 Å². The van der Waals surface area contributed by atoms with Crippen LogP contribution in [-0.4, -0.2) is 22.0 Å². The number of carbonyl (C=O) groups excluding carboxylic acids is 1. The molecule has 6 N–H and O–H groups in total. The smallest absolute Gasteiger partial charge is 0.218 e. The zero-order valence-electron chi connectivity index (χ0n) is 15.5. The van der Waals surface area contributed by atoms with Gasteiger partial charge in [0.1, 0.15) is 17.7 Å². The highest BCUT2D eigenvalue weighted by molar-refractivity contribution is 6.31. The van der Waals surface area contributed by atoms with Crippen LogP contribution in [0.3, 0.4) is 0 Å². The molecule has 1 amide bonds. The van der Waals surface area contributed by atoms with Crippen molar-refractivity contribution < 1.29 is 14.3 Å². The minimum Gasteiger partial charge on any atom is -0.384 e. The number of nitrogens with zero attached hydrogens (tertiary/aromatic N) is 1. The Morgan fingerprint density at radius 2 is 2.14 bits per heavy atom. The van der Waals surface area contributed by atoms with Gasteiger partial charge in [0.25, 0.3) is 0 Å². The van der Waals surface area contributed by atoms with Gasteiger partial charge in [0, 0.05) is 46.4 Å². The molecule has 1 heterocycles. The van der Waals surface area contributed by atoms with Gasteiger partial charge in [0.2, 0.25) is 5.91 Å². The lowest BCUT2D eigenvalue weighted by atomic mass is 9.95. The van der Waals surface area contributed by atoms with Gasteiger partial charge in [-0.1, -0.05) is 29.8 Å². The van der Waals surface area contributed by atoms with Crippen molar-refractivity contribution in [1.29, 1.82) is 0 Å². The molecule has 1 aromatic heterocycles. The number of hydrogen-bond donors (Lipinski definition) is 4. The Bertz CT molecular complexity index is 845. The summed E-state index contributed by atoms with van der Waals surface area (Å²) in [6.45, 7) is 5.49. The Hall–Kier alpha value is -2.48. The third-order valence-corrected chi connectivity index (χ3v) is 4.66. The van der Waals surface area contributed by atoms with E-state index >= 15 is 4.39 Å². The summed E-state index contributed by atoms with van der Waals surface area (Å²) in [7, 11) is 0. The van der Waals surface area contributed by atoms with E-state index in [9.17, 15) is 9.90 Å². The number of primary amides is 1. The first-order chi connectivity index (χ1) is 13.2. The van der Waals surface area contributed by atoms with Crippen molar-refractivity contribution in [3.8, 4) is 0 Å².